The van der Waals surface area contributed by atoms with Gasteiger partial charge in [-0.25, -0.2) is 4.98 Å². The van der Waals surface area contributed by atoms with Crippen LogP contribution in [0, 0.1) is 0 Å². The lowest BCUT2D eigenvalue weighted by Crippen LogP contribution is -2.23. The van der Waals surface area contributed by atoms with E-state index in [9.17, 15) is 0 Å². The lowest BCUT2D eigenvalue weighted by molar-refractivity contribution is 0.697. The third-order valence-electron chi connectivity index (χ3n) is 3.03. The Morgan fingerprint density at radius 1 is 1.29 bits per heavy atom. The fourth-order valence-electron chi connectivity index (χ4n) is 2.06. The van der Waals surface area contributed by atoms with E-state index in [0.29, 0.717) is 0 Å². The molecule has 3 N–H and O–H groups in total. The highest BCUT2D eigenvalue weighted by Crippen LogP contribution is 2.14. The van der Waals surface area contributed by atoms with Gasteiger partial charge in [0.1, 0.15) is 0 Å². The van der Waals surface area contributed by atoms with Crippen molar-refractivity contribution in [1.82, 2.24) is 15.3 Å². The molecule has 1 aromatic carbocycles. The number of nitrogens with one attached hydrogen (secondary N) is 3. The molecule has 0 amide bonds. The maximum Gasteiger partial charge on any atom is 0.201 e. The van der Waals surface area contributed by atoms with Gasteiger partial charge in [0, 0.05) is 13.1 Å². The van der Waals surface area contributed by atoms with E-state index in [-0.39, 0.29) is 0 Å². The summed E-state index contributed by atoms with van der Waals surface area (Å²) in [6, 6.07) is 8.07. The number of rotatable bonds is 3. The number of anilines is 1. The normalized spacial score (nSPS) is 15.9. The average molecular weight is 228 g/mol. The molecule has 0 fully saturated rings. The Morgan fingerprint density at radius 3 is 3.06 bits per heavy atom. The lowest BCUT2D eigenvalue weighted by Gasteiger charge is -2.13. The molecule has 4 nitrogen and oxygen atoms in total. The molecule has 4 heteroatoms. The summed E-state index contributed by atoms with van der Waals surface area (Å²) in [6.45, 7) is 2.94. The number of para-hydroxylation sites is 2. The number of hydrogen-bond acceptors (Lipinski definition) is 3. The number of imidazole rings is 1. The van der Waals surface area contributed by atoms with Gasteiger partial charge >= 0.3 is 0 Å². The predicted octanol–water partition coefficient (Wildman–Crippen LogP) is 1.89. The Balaban J connectivity index is 1.70. The first-order chi connectivity index (χ1) is 8.42. The molecular formula is C13H16N4. The number of hydrogen-bond donors (Lipinski definition) is 3. The summed E-state index contributed by atoms with van der Waals surface area (Å²) in [5.74, 6) is 0.852. The maximum absolute atomic E-state index is 4.49. The molecule has 17 heavy (non-hydrogen) atoms. The zero-order valence-corrected chi connectivity index (χ0v) is 9.66. The minimum atomic E-state index is 0.852. The van der Waals surface area contributed by atoms with Gasteiger partial charge in [-0.05, 0) is 25.1 Å². The minimum absolute atomic E-state index is 0.852. The van der Waals surface area contributed by atoms with Crippen LogP contribution >= 0.6 is 0 Å². The fourth-order valence-corrected chi connectivity index (χ4v) is 2.06. The van der Waals surface area contributed by atoms with E-state index in [4.69, 9.17) is 0 Å². The van der Waals surface area contributed by atoms with Crippen LogP contribution in [0.2, 0.25) is 0 Å². The van der Waals surface area contributed by atoms with Crippen molar-refractivity contribution in [3.8, 4) is 0 Å². The van der Waals surface area contributed by atoms with Crippen molar-refractivity contribution in [1.29, 1.82) is 0 Å². The molecule has 0 aliphatic carbocycles. The molecule has 1 aliphatic heterocycles. The van der Waals surface area contributed by atoms with E-state index in [2.05, 4.69) is 26.7 Å². The Bertz CT molecular complexity index is 508. The molecule has 1 aliphatic rings. The van der Waals surface area contributed by atoms with Crippen LogP contribution in [0.15, 0.2) is 35.9 Å². The quantitative estimate of drug-likeness (QED) is 0.703. The summed E-state index contributed by atoms with van der Waals surface area (Å²) in [6.07, 6.45) is 3.37. The number of aromatic amines is 1. The van der Waals surface area contributed by atoms with Crippen molar-refractivity contribution >= 4 is 17.0 Å². The van der Waals surface area contributed by atoms with Crippen LogP contribution < -0.4 is 10.6 Å². The number of aromatic nitrogens is 2. The monoisotopic (exact) mass is 228 g/mol. The largest absolute Gasteiger partial charge is 0.352 e. The number of nitrogens with zero attached hydrogens (tertiary/aromatic N) is 1. The van der Waals surface area contributed by atoms with E-state index < -0.39 is 0 Å². The second-order valence-corrected chi connectivity index (χ2v) is 4.27. The molecule has 0 atom stereocenters. The van der Waals surface area contributed by atoms with Crippen LogP contribution in [0.4, 0.5) is 5.95 Å². The van der Waals surface area contributed by atoms with Crippen LogP contribution in [0.25, 0.3) is 11.0 Å². The molecule has 0 radical (unpaired) electrons. The summed E-state index contributed by atoms with van der Waals surface area (Å²) >= 11 is 0. The van der Waals surface area contributed by atoms with Gasteiger partial charge in [0.2, 0.25) is 5.95 Å². The Morgan fingerprint density at radius 2 is 2.24 bits per heavy atom. The third-order valence-corrected chi connectivity index (χ3v) is 3.03. The fraction of sp³-hybridized carbons (Fsp3) is 0.308. The summed E-state index contributed by atoms with van der Waals surface area (Å²) < 4.78 is 0. The topological polar surface area (TPSA) is 52.7 Å². The van der Waals surface area contributed by atoms with Gasteiger partial charge in [0.15, 0.2) is 0 Å². The predicted molar refractivity (Wildman–Crippen MR) is 70.2 cm³/mol. The lowest BCUT2D eigenvalue weighted by atomic mass is 10.1. The van der Waals surface area contributed by atoms with Crippen molar-refractivity contribution in [2.75, 3.05) is 25.0 Å². The molecular weight excluding hydrogens is 212 g/mol. The van der Waals surface area contributed by atoms with E-state index >= 15 is 0 Å². The van der Waals surface area contributed by atoms with Crippen LogP contribution in [-0.4, -0.2) is 29.6 Å². The van der Waals surface area contributed by atoms with Crippen LogP contribution in [0.3, 0.4) is 0 Å². The van der Waals surface area contributed by atoms with Gasteiger partial charge in [-0.2, -0.15) is 0 Å². The molecule has 0 saturated carbocycles. The van der Waals surface area contributed by atoms with Gasteiger partial charge in [-0.3, -0.25) is 0 Å². The molecule has 3 rings (SSSR count). The summed E-state index contributed by atoms with van der Waals surface area (Å²) in [5.41, 5.74) is 3.53. The van der Waals surface area contributed by atoms with Crippen molar-refractivity contribution in [2.24, 2.45) is 0 Å². The van der Waals surface area contributed by atoms with E-state index in [1.807, 2.05) is 24.3 Å². The Kier molecular flexibility index (Phi) is 2.80. The first kappa shape index (κ1) is 10.4. The molecule has 2 heterocycles. The molecule has 1 aromatic heterocycles. The first-order valence-electron chi connectivity index (χ1n) is 5.99. The van der Waals surface area contributed by atoms with E-state index in [0.717, 1.165) is 43.0 Å². The molecule has 0 spiro atoms. The molecule has 0 unspecified atom stereocenters. The van der Waals surface area contributed by atoms with E-state index in [1.54, 1.807) is 0 Å². The van der Waals surface area contributed by atoms with Crippen molar-refractivity contribution in [2.45, 2.75) is 6.42 Å². The van der Waals surface area contributed by atoms with Gasteiger partial charge in [-0.15, -0.1) is 0 Å². The highest BCUT2D eigenvalue weighted by Gasteiger charge is 2.04. The highest BCUT2D eigenvalue weighted by atomic mass is 15.1. The van der Waals surface area contributed by atoms with Crippen molar-refractivity contribution in [3.63, 3.8) is 0 Å². The number of benzene rings is 1. The standard InChI is InChI=1S/C13H16N4/c1-2-4-12-11(3-1)16-13(17-12)15-9-10-5-7-14-8-6-10/h1-5,14H,6-9H2,(H2,15,16,17). The second kappa shape index (κ2) is 4.59. The van der Waals surface area contributed by atoms with E-state index in [1.165, 1.54) is 5.57 Å². The van der Waals surface area contributed by atoms with Crippen LogP contribution in [-0.2, 0) is 0 Å². The first-order valence-corrected chi connectivity index (χ1v) is 5.99. The summed E-state index contributed by atoms with van der Waals surface area (Å²) in [7, 11) is 0. The minimum Gasteiger partial charge on any atom is -0.352 e. The molecule has 0 saturated heterocycles. The Labute approximate surface area is 100 Å². The summed E-state index contributed by atoms with van der Waals surface area (Å²) in [5, 5.41) is 6.65. The number of fused-ring (bicyclic) bond motifs is 1. The number of H-pyrrole nitrogens is 1. The zero-order chi connectivity index (χ0) is 11.5. The summed E-state index contributed by atoms with van der Waals surface area (Å²) in [4.78, 5) is 7.76. The van der Waals surface area contributed by atoms with Gasteiger partial charge in [0.05, 0.1) is 11.0 Å². The molecule has 0 bridgehead atoms. The third kappa shape index (κ3) is 2.31. The van der Waals surface area contributed by atoms with Crippen molar-refractivity contribution < 1.29 is 0 Å². The smallest absolute Gasteiger partial charge is 0.201 e. The van der Waals surface area contributed by atoms with Crippen LogP contribution in [0.1, 0.15) is 6.42 Å². The highest BCUT2D eigenvalue weighted by molar-refractivity contribution is 5.77. The van der Waals surface area contributed by atoms with Crippen LogP contribution in [0.5, 0.6) is 0 Å². The molecule has 2 aromatic rings. The van der Waals surface area contributed by atoms with Gasteiger partial charge in [0.25, 0.3) is 0 Å². The van der Waals surface area contributed by atoms with Crippen molar-refractivity contribution in [3.05, 3.63) is 35.9 Å². The zero-order valence-electron chi connectivity index (χ0n) is 9.66. The maximum atomic E-state index is 4.49. The average Bonchev–Trinajstić information content (AvgIpc) is 2.80. The second-order valence-electron chi connectivity index (χ2n) is 4.27. The SMILES string of the molecule is C1=C(CNc2nc3ccccc3[nH]2)CCNC1. The van der Waals surface area contributed by atoms with Gasteiger partial charge in [-0.1, -0.05) is 23.8 Å². The molecule has 88 valence electrons. The van der Waals surface area contributed by atoms with Gasteiger partial charge < -0.3 is 15.6 Å². The Hall–Kier alpha value is -1.81.